The highest BCUT2D eigenvalue weighted by Crippen LogP contribution is 2.17. The smallest absolute Gasteiger partial charge is 0.242 e. The lowest BCUT2D eigenvalue weighted by Gasteiger charge is -2.13. The highest BCUT2D eigenvalue weighted by Gasteiger charge is 2.14. The summed E-state index contributed by atoms with van der Waals surface area (Å²) in [6, 6.07) is 5.36. The van der Waals surface area contributed by atoms with Crippen molar-refractivity contribution in [2.45, 2.75) is 24.8 Å². The number of carbonyl (C=O) groups is 2. The highest BCUT2D eigenvalue weighted by atomic mass is 32.2. The normalized spacial score (nSPS) is 11.7. The lowest BCUT2D eigenvalue weighted by molar-refractivity contribution is -0.127. The van der Waals surface area contributed by atoms with Gasteiger partial charge in [0, 0.05) is 11.4 Å². The van der Waals surface area contributed by atoms with Gasteiger partial charge in [0.2, 0.25) is 11.8 Å². The van der Waals surface area contributed by atoms with Crippen LogP contribution in [0, 0.1) is 5.82 Å². The average molecular weight is 284 g/mol. The van der Waals surface area contributed by atoms with E-state index in [9.17, 15) is 14.0 Å². The van der Waals surface area contributed by atoms with Gasteiger partial charge in [-0.2, -0.15) is 0 Å². The molecule has 0 spiro atoms. The third-order valence-corrected chi connectivity index (χ3v) is 3.32. The predicted molar refractivity (Wildman–Crippen MR) is 73.4 cm³/mol. The lowest BCUT2D eigenvalue weighted by atomic mass is 10.3. The van der Waals surface area contributed by atoms with Crippen molar-refractivity contribution in [3.63, 3.8) is 0 Å². The number of rotatable bonds is 6. The molecule has 0 aliphatic rings. The van der Waals surface area contributed by atoms with Gasteiger partial charge in [0.05, 0.1) is 5.75 Å². The average Bonchev–Trinajstić information content (AvgIpc) is 2.38. The molecule has 0 saturated carbocycles. The first-order valence-corrected chi connectivity index (χ1v) is 6.97. The molecule has 0 aliphatic heterocycles. The molecular formula is C13H17FN2O2S. The highest BCUT2D eigenvalue weighted by molar-refractivity contribution is 8.00. The standard InChI is InChI=1S/C13H17FN2O2S/c1-3-15-13(18)9(2)16-12(17)8-19-11-6-4-10(14)5-7-11/h4-7,9H,3,8H2,1-2H3,(H,15,18)(H,16,17)/t9-/m1/s1. The van der Waals surface area contributed by atoms with Gasteiger partial charge in [-0.3, -0.25) is 9.59 Å². The zero-order valence-corrected chi connectivity index (χ0v) is 11.7. The van der Waals surface area contributed by atoms with Crippen molar-refractivity contribution in [1.29, 1.82) is 0 Å². The maximum atomic E-state index is 12.7. The summed E-state index contributed by atoms with van der Waals surface area (Å²) in [7, 11) is 0. The minimum absolute atomic E-state index is 0.190. The third-order valence-electron chi connectivity index (χ3n) is 2.31. The maximum Gasteiger partial charge on any atom is 0.242 e. The molecule has 1 aromatic rings. The van der Waals surface area contributed by atoms with Crippen LogP contribution in [0.25, 0.3) is 0 Å². The van der Waals surface area contributed by atoms with Crippen LogP contribution in [0.4, 0.5) is 4.39 Å². The Hall–Kier alpha value is -1.56. The fourth-order valence-electron chi connectivity index (χ4n) is 1.36. The Labute approximate surface area is 116 Å². The fourth-order valence-corrected chi connectivity index (χ4v) is 2.07. The van der Waals surface area contributed by atoms with Crippen LogP contribution in [0.1, 0.15) is 13.8 Å². The van der Waals surface area contributed by atoms with Crippen molar-refractivity contribution in [2.75, 3.05) is 12.3 Å². The van der Waals surface area contributed by atoms with E-state index in [0.717, 1.165) is 4.90 Å². The molecule has 2 amide bonds. The van der Waals surface area contributed by atoms with Gasteiger partial charge in [-0.25, -0.2) is 4.39 Å². The molecule has 0 aliphatic carbocycles. The number of hydrogen-bond acceptors (Lipinski definition) is 3. The van der Waals surface area contributed by atoms with E-state index in [-0.39, 0.29) is 23.4 Å². The van der Waals surface area contributed by atoms with Gasteiger partial charge in [-0.1, -0.05) is 0 Å². The molecule has 1 aromatic carbocycles. The number of halogens is 1. The summed E-state index contributed by atoms with van der Waals surface area (Å²) in [6.45, 7) is 3.98. The molecular weight excluding hydrogens is 267 g/mol. The Morgan fingerprint density at radius 1 is 1.32 bits per heavy atom. The van der Waals surface area contributed by atoms with Crippen LogP contribution in [0.15, 0.2) is 29.2 Å². The first-order valence-electron chi connectivity index (χ1n) is 5.98. The summed E-state index contributed by atoms with van der Waals surface area (Å²) in [5.41, 5.74) is 0. The van der Waals surface area contributed by atoms with Crippen LogP contribution in [0.5, 0.6) is 0 Å². The Bertz CT molecular complexity index is 437. The summed E-state index contributed by atoms with van der Waals surface area (Å²) < 4.78 is 12.7. The second kappa shape index (κ2) is 7.78. The summed E-state index contributed by atoms with van der Waals surface area (Å²) in [4.78, 5) is 23.8. The van der Waals surface area contributed by atoms with Gasteiger partial charge in [0.1, 0.15) is 11.9 Å². The Balaban J connectivity index is 2.35. The summed E-state index contributed by atoms with van der Waals surface area (Å²) in [5, 5.41) is 5.23. The van der Waals surface area contributed by atoms with E-state index in [1.165, 1.54) is 23.9 Å². The molecule has 1 rings (SSSR count). The van der Waals surface area contributed by atoms with E-state index >= 15 is 0 Å². The number of hydrogen-bond donors (Lipinski definition) is 2. The quantitative estimate of drug-likeness (QED) is 0.779. The minimum Gasteiger partial charge on any atom is -0.355 e. The summed E-state index contributed by atoms with van der Waals surface area (Å²) >= 11 is 1.29. The van der Waals surface area contributed by atoms with Gasteiger partial charge < -0.3 is 10.6 Å². The molecule has 4 nitrogen and oxygen atoms in total. The van der Waals surface area contributed by atoms with Gasteiger partial charge in [-0.05, 0) is 38.1 Å². The molecule has 0 bridgehead atoms. The van der Waals surface area contributed by atoms with Crippen LogP contribution in [0.3, 0.4) is 0 Å². The number of likely N-dealkylation sites (N-methyl/N-ethyl adjacent to an activating group) is 1. The molecule has 1 atom stereocenters. The van der Waals surface area contributed by atoms with Crippen molar-refractivity contribution in [2.24, 2.45) is 0 Å². The Kier molecular flexibility index (Phi) is 6.35. The molecule has 104 valence electrons. The third kappa shape index (κ3) is 5.74. The Morgan fingerprint density at radius 3 is 2.53 bits per heavy atom. The molecule has 0 saturated heterocycles. The molecule has 19 heavy (non-hydrogen) atoms. The number of carbonyl (C=O) groups excluding carboxylic acids is 2. The zero-order valence-electron chi connectivity index (χ0n) is 10.9. The molecule has 0 heterocycles. The first-order chi connectivity index (χ1) is 9.02. The molecule has 0 radical (unpaired) electrons. The van der Waals surface area contributed by atoms with Crippen molar-refractivity contribution in [3.05, 3.63) is 30.1 Å². The monoisotopic (exact) mass is 284 g/mol. The lowest BCUT2D eigenvalue weighted by Crippen LogP contribution is -2.45. The number of amides is 2. The van der Waals surface area contributed by atoms with Gasteiger partial charge in [-0.15, -0.1) is 11.8 Å². The second-order valence-corrected chi connectivity index (χ2v) is 4.98. The van der Waals surface area contributed by atoms with Gasteiger partial charge in [0.25, 0.3) is 0 Å². The van der Waals surface area contributed by atoms with Crippen molar-refractivity contribution >= 4 is 23.6 Å². The van der Waals surface area contributed by atoms with Crippen molar-refractivity contribution in [3.8, 4) is 0 Å². The van der Waals surface area contributed by atoms with Crippen molar-refractivity contribution < 1.29 is 14.0 Å². The SMILES string of the molecule is CCNC(=O)[C@@H](C)NC(=O)CSc1ccc(F)cc1. The number of nitrogens with one attached hydrogen (secondary N) is 2. The Morgan fingerprint density at radius 2 is 1.95 bits per heavy atom. The van der Waals surface area contributed by atoms with Crippen LogP contribution in [-0.2, 0) is 9.59 Å². The first kappa shape index (κ1) is 15.5. The second-order valence-electron chi connectivity index (χ2n) is 3.93. The molecule has 0 fully saturated rings. The van der Waals surface area contributed by atoms with E-state index in [1.807, 2.05) is 6.92 Å². The predicted octanol–water partition coefficient (Wildman–Crippen LogP) is 1.56. The summed E-state index contributed by atoms with van der Waals surface area (Å²) in [6.07, 6.45) is 0. The van der Waals surface area contributed by atoms with Crippen molar-refractivity contribution in [1.82, 2.24) is 10.6 Å². The van der Waals surface area contributed by atoms with Crippen LogP contribution >= 0.6 is 11.8 Å². The topological polar surface area (TPSA) is 58.2 Å². The van der Waals surface area contributed by atoms with Gasteiger partial charge in [0.15, 0.2) is 0 Å². The minimum atomic E-state index is -0.554. The van der Waals surface area contributed by atoms with E-state index < -0.39 is 6.04 Å². The van der Waals surface area contributed by atoms with Crippen LogP contribution in [-0.4, -0.2) is 30.2 Å². The van der Waals surface area contributed by atoms with Crippen LogP contribution < -0.4 is 10.6 Å². The zero-order chi connectivity index (χ0) is 14.3. The molecule has 0 unspecified atom stereocenters. The van der Waals surface area contributed by atoms with Crippen LogP contribution in [0.2, 0.25) is 0 Å². The van der Waals surface area contributed by atoms with E-state index in [4.69, 9.17) is 0 Å². The molecule has 2 N–H and O–H groups in total. The fraction of sp³-hybridized carbons (Fsp3) is 0.385. The molecule has 6 heteroatoms. The number of benzene rings is 1. The van der Waals surface area contributed by atoms with E-state index in [1.54, 1.807) is 19.1 Å². The number of thioether (sulfide) groups is 1. The maximum absolute atomic E-state index is 12.7. The van der Waals surface area contributed by atoms with Gasteiger partial charge >= 0.3 is 0 Å². The largest absolute Gasteiger partial charge is 0.355 e. The van der Waals surface area contributed by atoms with E-state index in [0.29, 0.717) is 6.54 Å². The summed E-state index contributed by atoms with van der Waals surface area (Å²) in [5.74, 6) is -0.551. The molecule has 0 aromatic heterocycles. The van der Waals surface area contributed by atoms with E-state index in [2.05, 4.69) is 10.6 Å².